The summed E-state index contributed by atoms with van der Waals surface area (Å²) >= 11 is 0. The van der Waals surface area contributed by atoms with E-state index in [2.05, 4.69) is 10.6 Å². The molecule has 0 bridgehead atoms. The first-order chi connectivity index (χ1) is 11.4. The minimum Gasteiger partial charge on any atom is -0.324 e. The standard InChI is InChI=1S/C19H23N3O2/c1-13-10-14(2)18(15(3)11-13)21-17(23)12-22(4)19(24)20-16-8-6-5-7-9-16/h5-11H,12H2,1-4H3,(H,20,24)(H,21,23). The summed E-state index contributed by atoms with van der Waals surface area (Å²) in [5, 5.41) is 5.64. The van der Waals surface area contributed by atoms with Gasteiger partial charge >= 0.3 is 6.03 Å². The van der Waals surface area contributed by atoms with Gasteiger partial charge in [-0.05, 0) is 44.0 Å². The summed E-state index contributed by atoms with van der Waals surface area (Å²) in [4.78, 5) is 25.7. The Balaban J connectivity index is 1.96. The fourth-order valence-electron chi connectivity index (χ4n) is 2.58. The summed E-state index contributed by atoms with van der Waals surface area (Å²) in [5.41, 5.74) is 4.68. The van der Waals surface area contributed by atoms with E-state index in [9.17, 15) is 9.59 Å². The molecule has 3 amide bonds. The van der Waals surface area contributed by atoms with Crippen molar-refractivity contribution in [1.82, 2.24) is 4.90 Å². The second kappa shape index (κ2) is 7.64. The number of nitrogens with one attached hydrogen (secondary N) is 2. The second-order valence-corrected chi connectivity index (χ2v) is 5.97. The molecule has 5 nitrogen and oxygen atoms in total. The summed E-state index contributed by atoms with van der Waals surface area (Å²) < 4.78 is 0. The van der Waals surface area contributed by atoms with Crippen LogP contribution in [0.4, 0.5) is 16.2 Å². The number of carbonyl (C=O) groups is 2. The Morgan fingerprint density at radius 1 is 0.958 bits per heavy atom. The SMILES string of the molecule is Cc1cc(C)c(NC(=O)CN(C)C(=O)Nc2ccccc2)c(C)c1. The van der Waals surface area contributed by atoms with Crippen LogP contribution in [0.1, 0.15) is 16.7 Å². The summed E-state index contributed by atoms with van der Waals surface area (Å²) in [7, 11) is 1.59. The molecule has 2 rings (SSSR count). The van der Waals surface area contributed by atoms with Crippen LogP contribution < -0.4 is 10.6 Å². The number of rotatable bonds is 4. The Morgan fingerprint density at radius 2 is 1.54 bits per heavy atom. The molecule has 0 radical (unpaired) electrons. The summed E-state index contributed by atoms with van der Waals surface area (Å²) in [6, 6.07) is 12.9. The average Bonchev–Trinajstić information content (AvgIpc) is 2.51. The van der Waals surface area contributed by atoms with Crippen LogP contribution in [0.25, 0.3) is 0 Å². The monoisotopic (exact) mass is 325 g/mol. The van der Waals surface area contributed by atoms with Gasteiger partial charge in [0, 0.05) is 18.4 Å². The molecular weight excluding hydrogens is 302 g/mol. The zero-order valence-corrected chi connectivity index (χ0v) is 14.5. The highest BCUT2D eigenvalue weighted by Crippen LogP contribution is 2.21. The number of carbonyl (C=O) groups excluding carboxylic acids is 2. The van der Waals surface area contributed by atoms with E-state index in [4.69, 9.17) is 0 Å². The first kappa shape index (κ1) is 17.5. The molecule has 2 aromatic carbocycles. The number of anilines is 2. The molecule has 24 heavy (non-hydrogen) atoms. The van der Waals surface area contributed by atoms with Crippen molar-refractivity contribution in [2.75, 3.05) is 24.2 Å². The lowest BCUT2D eigenvalue weighted by molar-refractivity contribution is -0.116. The smallest absolute Gasteiger partial charge is 0.322 e. The van der Waals surface area contributed by atoms with Gasteiger partial charge in [0.2, 0.25) is 5.91 Å². The first-order valence-corrected chi connectivity index (χ1v) is 7.81. The molecule has 2 N–H and O–H groups in total. The normalized spacial score (nSPS) is 10.2. The molecule has 0 spiro atoms. The number of benzene rings is 2. The topological polar surface area (TPSA) is 61.4 Å². The van der Waals surface area contributed by atoms with Crippen LogP contribution in [-0.4, -0.2) is 30.4 Å². The second-order valence-electron chi connectivity index (χ2n) is 5.97. The number of para-hydroxylation sites is 1. The van der Waals surface area contributed by atoms with Crippen LogP contribution in [0.5, 0.6) is 0 Å². The van der Waals surface area contributed by atoms with Gasteiger partial charge < -0.3 is 15.5 Å². The first-order valence-electron chi connectivity index (χ1n) is 7.81. The van der Waals surface area contributed by atoms with Crippen molar-refractivity contribution in [1.29, 1.82) is 0 Å². The van der Waals surface area contributed by atoms with Gasteiger partial charge in [0.1, 0.15) is 6.54 Å². The van der Waals surface area contributed by atoms with Gasteiger partial charge in [-0.25, -0.2) is 4.79 Å². The molecule has 0 fully saturated rings. The number of likely N-dealkylation sites (N-methyl/N-ethyl adjacent to an activating group) is 1. The zero-order valence-electron chi connectivity index (χ0n) is 14.5. The lowest BCUT2D eigenvalue weighted by Crippen LogP contribution is -2.37. The van der Waals surface area contributed by atoms with E-state index in [-0.39, 0.29) is 18.5 Å². The summed E-state index contributed by atoms with van der Waals surface area (Å²) in [6.07, 6.45) is 0. The van der Waals surface area contributed by atoms with Gasteiger partial charge in [0.05, 0.1) is 0 Å². The molecule has 0 saturated heterocycles. The summed E-state index contributed by atoms with van der Waals surface area (Å²) in [5.74, 6) is -0.226. The van der Waals surface area contributed by atoms with Crippen LogP contribution in [0.2, 0.25) is 0 Å². The minimum atomic E-state index is -0.325. The van der Waals surface area contributed by atoms with Gasteiger partial charge in [0.25, 0.3) is 0 Å². The molecule has 0 aliphatic rings. The maximum Gasteiger partial charge on any atom is 0.322 e. The van der Waals surface area contributed by atoms with Crippen molar-refractivity contribution >= 4 is 23.3 Å². The third-order valence-electron chi connectivity index (χ3n) is 3.69. The number of urea groups is 1. The maximum atomic E-state index is 12.2. The molecular formula is C19H23N3O2. The van der Waals surface area contributed by atoms with Gasteiger partial charge in [-0.3, -0.25) is 4.79 Å². The van der Waals surface area contributed by atoms with Crippen LogP contribution >= 0.6 is 0 Å². The number of nitrogens with zero attached hydrogens (tertiary/aromatic N) is 1. The Hall–Kier alpha value is -2.82. The number of amides is 3. The van der Waals surface area contributed by atoms with E-state index in [0.29, 0.717) is 5.69 Å². The van der Waals surface area contributed by atoms with Gasteiger partial charge in [-0.15, -0.1) is 0 Å². The van der Waals surface area contributed by atoms with Crippen molar-refractivity contribution in [3.05, 3.63) is 59.2 Å². The number of hydrogen-bond donors (Lipinski definition) is 2. The number of hydrogen-bond acceptors (Lipinski definition) is 2. The Bertz CT molecular complexity index is 719. The van der Waals surface area contributed by atoms with Crippen LogP contribution in [0, 0.1) is 20.8 Å². The van der Waals surface area contributed by atoms with Gasteiger partial charge in [-0.2, -0.15) is 0 Å². The Morgan fingerprint density at radius 3 is 2.12 bits per heavy atom. The lowest BCUT2D eigenvalue weighted by atomic mass is 10.1. The highest BCUT2D eigenvalue weighted by molar-refractivity contribution is 5.97. The third-order valence-corrected chi connectivity index (χ3v) is 3.69. The zero-order chi connectivity index (χ0) is 17.7. The predicted molar refractivity (Wildman–Crippen MR) is 97.4 cm³/mol. The van der Waals surface area contributed by atoms with E-state index in [0.717, 1.165) is 22.4 Å². The Kier molecular flexibility index (Phi) is 5.58. The van der Waals surface area contributed by atoms with E-state index < -0.39 is 0 Å². The van der Waals surface area contributed by atoms with Crippen molar-refractivity contribution in [3.63, 3.8) is 0 Å². The van der Waals surface area contributed by atoms with E-state index in [1.165, 1.54) is 4.90 Å². The third kappa shape index (κ3) is 4.59. The summed E-state index contributed by atoms with van der Waals surface area (Å²) in [6.45, 7) is 5.92. The molecule has 0 heterocycles. The van der Waals surface area contributed by atoms with Crippen LogP contribution in [0.15, 0.2) is 42.5 Å². The molecule has 0 atom stereocenters. The van der Waals surface area contributed by atoms with E-state index in [1.807, 2.05) is 51.1 Å². The molecule has 0 aliphatic carbocycles. The lowest BCUT2D eigenvalue weighted by Gasteiger charge is -2.19. The van der Waals surface area contributed by atoms with Crippen molar-refractivity contribution in [3.8, 4) is 0 Å². The quantitative estimate of drug-likeness (QED) is 0.900. The average molecular weight is 325 g/mol. The van der Waals surface area contributed by atoms with Crippen molar-refractivity contribution in [2.24, 2.45) is 0 Å². The maximum absolute atomic E-state index is 12.2. The fraction of sp³-hybridized carbons (Fsp3) is 0.263. The molecule has 0 aliphatic heterocycles. The fourth-order valence-corrected chi connectivity index (χ4v) is 2.58. The largest absolute Gasteiger partial charge is 0.324 e. The van der Waals surface area contributed by atoms with Gasteiger partial charge in [0.15, 0.2) is 0 Å². The molecule has 0 unspecified atom stereocenters. The molecule has 126 valence electrons. The molecule has 2 aromatic rings. The molecule has 5 heteroatoms. The van der Waals surface area contributed by atoms with Crippen LogP contribution in [-0.2, 0) is 4.79 Å². The van der Waals surface area contributed by atoms with Crippen molar-refractivity contribution < 1.29 is 9.59 Å². The van der Waals surface area contributed by atoms with E-state index in [1.54, 1.807) is 19.2 Å². The minimum absolute atomic E-state index is 0.0224. The highest BCUT2D eigenvalue weighted by atomic mass is 16.2. The van der Waals surface area contributed by atoms with Gasteiger partial charge in [-0.1, -0.05) is 35.9 Å². The predicted octanol–water partition coefficient (Wildman–Crippen LogP) is 3.71. The molecule has 0 aromatic heterocycles. The Labute approximate surface area is 142 Å². The van der Waals surface area contributed by atoms with E-state index >= 15 is 0 Å². The number of aryl methyl sites for hydroxylation is 3. The highest BCUT2D eigenvalue weighted by Gasteiger charge is 2.14. The van der Waals surface area contributed by atoms with Crippen molar-refractivity contribution in [2.45, 2.75) is 20.8 Å². The molecule has 0 saturated carbocycles. The van der Waals surface area contributed by atoms with Crippen LogP contribution in [0.3, 0.4) is 0 Å².